The van der Waals surface area contributed by atoms with Crippen molar-refractivity contribution in [2.45, 2.75) is 49.8 Å². The Kier molecular flexibility index (Phi) is 6.47. The summed E-state index contributed by atoms with van der Waals surface area (Å²) in [4.78, 5) is 0.236. The second-order valence-electron chi connectivity index (χ2n) is 8.78. The number of sulfonamides is 1. The van der Waals surface area contributed by atoms with Crippen LogP contribution in [0.2, 0.25) is 0 Å². The summed E-state index contributed by atoms with van der Waals surface area (Å²) in [5, 5.41) is 14.5. The van der Waals surface area contributed by atoms with E-state index < -0.39 is 15.6 Å². The van der Waals surface area contributed by atoms with Gasteiger partial charge in [0.25, 0.3) is 10.0 Å². The molecule has 0 bridgehead atoms. The van der Waals surface area contributed by atoms with Crippen LogP contribution in [0, 0.1) is 6.92 Å². The number of hydrogen-bond acceptors (Lipinski definition) is 5. The Bertz CT molecular complexity index is 1210. The number of hydrogen-bond donors (Lipinski definition) is 3. The van der Waals surface area contributed by atoms with Crippen molar-refractivity contribution in [3.8, 4) is 5.75 Å². The molecule has 3 aromatic carbocycles. The fourth-order valence-electron chi connectivity index (χ4n) is 4.03. The third kappa shape index (κ3) is 5.05. The van der Waals surface area contributed by atoms with Crippen LogP contribution in [0.3, 0.4) is 0 Å². The van der Waals surface area contributed by atoms with E-state index in [4.69, 9.17) is 4.74 Å². The number of anilines is 1. The van der Waals surface area contributed by atoms with Gasteiger partial charge in [-0.25, -0.2) is 8.42 Å². The first kappa shape index (κ1) is 23.3. The molecule has 0 fully saturated rings. The number of para-hydroxylation sites is 1. The van der Waals surface area contributed by atoms with Gasteiger partial charge in [-0.3, -0.25) is 4.72 Å². The summed E-state index contributed by atoms with van der Waals surface area (Å²) < 4.78 is 33.7. The molecule has 1 aliphatic heterocycles. The predicted octanol–water partition coefficient (Wildman–Crippen LogP) is 4.20. The summed E-state index contributed by atoms with van der Waals surface area (Å²) in [6, 6.07) is 21.6. The molecule has 3 unspecified atom stereocenters. The number of fused-ring (bicyclic) bond motifs is 1. The van der Waals surface area contributed by atoms with Crippen molar-refractivity contribution in [2.75, 3.05) is 11.3 Å². The Morgan fingerprint density at radius 3 is 2.36 bits per heavy atom. The Balaban J connectivity index is 1.39. The smallest absolute Gasteiger partial charge is 0.261 e. The van der Waals surface area contributed by atoms with E-state index in [9.17, 15) is 13.5 Å². The molecule has 1 aliphatic rings. The SMILES string of the molecule is Cc1ccc(S(=O)(=O)Nc2ccc(CCNC3c4ccccc4OC(C)C3(C)O)cc2)cc1. The largest absolute Gasteiger partial charge is 0.487 e. The molecule has 174 valence electrons. The van der Waals surface area contributed by atoms with Crippen LogP contribution in [-0.4, -0.2) is 31.8 Å². The summed E-state index contributed by atoms with van der Waals surface area (Å²) in [6.07, 6.45) is 0.389. The van der Waals surface area contributed by atoms with Crippen LogP contribution in [0.1, 0.15) is 36.6 Å². The van der Waals surface area contributed by atoms with Gasteiger partial charge in [0, 0.05) is 11.3 Å². The number of ether oxygens (including phenoxy) is 1. The van der Waals surface area contributed by atoms with Gasteiger partial charge in [-0.2, -0.15) is 0 Å². The lowest BCUT2D eigenvalue weighted by Gasteiger charge is -2.43. The summed E-state index contributed by atoms with van der Waals surface area (Å²) in [5.41, 5.74) is 2.48. The maximum atomic E-state index is 12.6. The van der Waals surface area contributed by atoms with Gasteiger partial charge in [0.05, 0.1) is 10.9 Å². The Hall–Kier alpha value is -2.87. The Morgan fingerprint density at radius 1 is 1.00 bits per heavy atom. The maximum Gasteiger partial charge on any atom is 0.261 e. The maximum absolute atomic E-state index is 12.6. The number of benzene rings is 3. The average Bonchev–Trinajstić information content (AvgIpc) is 2.78. The van der Waals surface area contributed by atoms with E-state index >= 15 is 0 Å². The van der Waals surface area contributed by atoms with E-state index in [2.05, 4.69) is 10.0 Å². The molecule has 7 heteroatoms. The molecule has 4 rings (SSSR count). The lowest BCUT2D eigenvalue weighted by molar-refractivity contribution is -0.0812. The number of rotatable bonds is 7. The van der Waals surface area contributed by atoms with Crippen molar-refractivity contribution in [3.63, 3.8) is 0 Å². The van der Waals surface area contributed by atoms with Gasteiger partial charge in [0.2, 0.25) is 0 Å². The molecule has 3 N–H and O–H groups in total. The molecule has 3 aromatic rings. The fourth-order valence-corrected chi connectivity index (χ4v) is 5.09. The lowest BCUT2D eigenvalue weighted by Crippen LogP contribution is -2.54. The van der Waals surface area contributed by atoms with Crippen LogP contribution in [0.5, 0.6) is 5.75 Å². The molecular weight excluding hydrogens is 436 g/mol. The van der Waals surface area contributed by atoms with E-state index in [1.54, 1.807) is 43.3 Å². The average molecular weight is 467 g/mol. The third-order valence-corrected chi connectivity index (χ3v) is 7.64. The first-order valence-electron chi connectivity index (χ1n) is 11.1. The molecule has 6 nitrogen and oxygen atoms in total. The van der Waals surface area contributed by atoms with Crippen molar-refractivity contribution >= 4 is 15.7 Å². The molecular formula is C26H30N2O4S. The van der Waals surface area contributed by atoms with Crippen LogP contribution < -0.4 is 14.8 Å². The summed E-state index contributed by atoms with van der Waals surface area (Å²) >= 11 is 0. The number of nitrogens with one attached hydrogen (secondary N) is 2. The first-order valence-corrected chi connectivity index (χ1v) is 12.5. The molecule has 3 atom stereocenters. The Morgan fingerprint density at radius 2 is 1.67 bits per heavy atom. The van der Waals surface area contributed by atoms with Crippen LogP contribution >= 0.6 is 0 Å². The predicted molar refractivity (Wildman–Crippen MR) is 130 cm³/mol. The third-order valence-electron chi connectivity index (χ3n) is 6.24. The zero-order valence-corrected chi connectivity index (χ0v) is 19.9. The van der Waals surface area contributed by atoms with Crippen molar-refractivity contribution in [1.29, 1.82) is 0 Å². The van der Waals surface area contributed by atoms with Crippen molar-refractivity contribution in [3.05, 3.63) is 89.5 Å². The van der Waals surface area contributed by atoms with E-state index in [0.717, 1.165) is 28.9 Å². The van der Waals surface area contributed by atoms with Crippen LogP contribution in [0.4, 0.5) is 5.69 Å². The lowest BCUT2D eigenvalue weighted by atomic mass is 9.83. The van der Waals surface area contributed by atoms with E-state index in [0.29, 0.717) is 12.2 Å². The molecule has 33 heavy (non-hydrogen) atoms. The van der Waals surface area contributed by atoms with E-state index in [-0.39, 0.29) is 17.0 Å². The van der Waals surface area contributed by atoms with E-state index in [1.165, 1.54) is 0 Å². The van der Waals surface area contributed by atoms with E-state index in [1.807, 2.05) is 50.2 Å². The zero-order chi connectivity index (χ0) is 23.6. The first-order chi connectivity index (χ1) is 15.7. The van der Waals surface area contributed by atoms with Crippen LogP contribution in [0.15, 0.2) is 77.7 Å². The molecule has 1 heterocycles. The van der Waals surface area contributed by atoms with Crippen LogP contribution in [0.25, 0.3) is 0 Å². The number of aryl methyl sites for hydroxylation is 1. The fraction of sp³-hybridized carbons (Fsp3) is 0.308. The highest BCUT2D eigenvalue weighted by atomic mass is 32.2. The molecule has 0 aliphatic carbocycles. The molecule has 0 amide bonds. The minimum atomic E-state index is -3.62. The summed E-state index contributed by atoms with van der Waals surface area (Å²) in [6.45, 7) is 6.23. The minimum absolute atomic E-state index is 0.236. The zero-order valence-electron chi connectivity index (χ0n) is 19.1. The molecule has 0 spiro atoms. The summed E-state index contributed by atoms with van der Waals surface area (Å²) in [5.74, 6) is 0.791. The van der Waals surface area contributed by atoms with Crippen LogP contribution in [-0.2, 0) is 16.4 Å². The summed E-state index contributed by atoms with van der Waals surface area (Å²) in [7, 11) is -3.62. The normalized spacial score (nSPS) is 22.3. The molecule has 0 saturated carbocycles. The van der Waals surface area contributed by atoms with Crippen molar-refractivity contribution < 1.29 is 18.3 Å². The monoisotopic (exact) mass is 466 g/mol. The van der Waals surface area contributed by atoms with Gasteiger partial charge in [-0.05, 0) is 69.6 Å². The Labute approximate surface area is 195 Å². The number of aliphatic hydroxyl groups is 1. The van der Waals surface area contributed by atoms with Gasteiger partial charge in [-0.1, -0.05) is 48.0 Å². The quantitative estimate of drug-likeness (QED) is 0.486. The van der Waals surface area contributed by atoms with Gasteiger partial charge in [0.1, 0.15) is 17.5 Å². The van der Waals surface area contributed by atoms with Crippen molar-refractivity contribution in [1.82, 2.24) is 5.32 Å². The highest BCUT2D eigenvalue weighted by Gasteiger charge is 2.44. The molecule has 0 aromatic heterocycles. The standard InChI is InChI=1S/C26H30N2O4S/c1-18-8-14-22(15-9-18)33(30,31)28-21-12-10-20(11-13-21)16-17-27-25-23-6-4-5-7-24(23)32-19(2)26(25,3)29/h4-15,19,25,27-29H,16-17H2,1-3H3. The molecule has 0 radical (unpaired) electrons. The highest BCUT2D eigenvalue weighted by molar-refractivity contribution is 7.92. The van der Waals surface area contributed by atoms with Crippen molar-refractivity contribution in [2.24, 2.45) is 0 Å². The topological polar surface area (TPSA) is 87.7 Å². The second-order valence-corrected chi connectivity index (χ2v) is 10.5. The minimum Gasteiger partial charge on any atom is -0.487 e. The highest BCUT2D eigenvalue weighted by Crippen LogP contribution is 2.40. The van der Waals surface area contributed by atoms with Gasteiger partial charge < -0.3 is 15.2 Å². The molecule has 0 saturated heterocycles. The van der Waals surface area contributed by atoms with Gasteiger partial charge in [0.15, 0.2) is 0 Å². The second kappa shape index (κ2) is 9.17. The van der Waals surface area contributed by atoms with Gasteiger partial charge >= 0.3 is 0 Å². The van der Waals surface area contributed by atoms with Gasteiger partial charge in [-0.15, -0.1) is 0 Å².